The molecule has 3 rings (SSSR count). The molecule has 0 fully saturated rings. The fraction of sp³-hybridized carbons (Fsp3) is 0.238. The Labute approximate surface area is 158 Å². The van der Waals surface area contributed by atoms with Gasteiger partial charge in [-0.1, -0.05) is 18.2 Å². The molecule has 0 spiro atoms. The van der Waals surface area contributed by atoms with Gasteiger partial charge in [-0.3, -0.25) is 4.79 Å². The predicted octanol–water partition coefficient (Wildman–Crippen LogP) is 3.14. The van der Waals surface area contributed by atoms with Gasteiger partial charge >= 0.3 is 0 Å². The number of nitrogens with one attached hydrogen (secondary N) is 1. The summed E-state index contributed by atoms with van der Waals surface area (Å²) < 4.78 is 12.5. The Morgan fingerprint density at radius 2 is 1.78 bits per heavy atom. The van der Waals surface area contributed by atoms with Crippen molar-refractivity contribution in [3.63, 3.8) is 0 Å². The van der Waals surface area contributed by atoms with E-state index in [2.05, 4.69) is 10.3 Å². The van der Waals surface area contributed by atoms with E-state index in [0.717, 1.165) is 16.8 Å². The number of imidazole rings is 1. The van der Waals surface area contributed by atoms with Gasteiger partial charge in [0.2, 0.25) is 5.91 Å². The summed E-state index contributed by atoms with van der Waals surface area (Å²) in [6, 6.07) is 13.7. The van der Waals surface area contributed by atoms with E-state index in [1.807, 2.05) is 53.2 Å². The molecule has 27 heavy (non-hydrogen) atoms. The second-order valence-electron chi connectivity index (χ2n) is 6.10. The van der Waals surface area contributed by atoms with Gasteiger partial charge in [-0.2, -0.15) is 0 Å². The molecule has 1 amide bonds. The molecular formula is C21H23N3O3. The topological polar surface area (TPSA) is 65.4 Å². The lowest BCUT2D eigenvalue weighted by molar-refractivity contribution is -0.121. The van der Waals surface area contributed by atoms with Crippen LogP contribution in [0.2, 0.25) is 0 Å². The van der Waals surface area contributed by atoms with Crippen LogP contribution >= 0.6 is 0 Å². The first-order valence-electron chi connectivity index (χ1n) is 8.74. The van der Waals surface area contributed by atoms with E-state index in [9.17, 15) is 4.79 Å². The van der Waals surface area contributed by atoms with Crippen LogP contribution in [0, 0.1) is 0 Å². The van der Waals surface area contributed by atoms with Crippen molar-refractivity contribution in [1.82, 2.24) is 14.9 Å². The summed E-state index contributed by atoms with van der Waals surface area (Å²) in [6.45, 7) is 0.509. The average molecular weight is 365 g/mol. The van der Waals surface area contributed by atoms with E-state index in [-0.39, 0.29) is 5.91 Å². The molecule has 140 valence electrons. The monoisotopic (exact) mass is 365 g/mol. The number of rotatable bonds is 8. The van der Waals surface area contributed by atoms with Gasteiger partial charge in [0.15, 0.2) is 11.5 Å². The highest BCUT2D eigenvalue weighted by molar-refractivity contribution is 5.76. The summed E-state index contributed by atoms with van der Waals surface area (Å²) in [6.07, 6.45) is 6.46. The number of hydrogen-bond donors (Lipinski definition) is 1. The van der Waals surface area contributed by atoms with Crippen LogP contribution in [0.4, 0.5) is 0 Å². The highest BCUT2D eigenvalue weighted by Crippen LogP contribution is 2.27. The molecule has 0 aliphatic heterocycles. The number of aryl methyl sites for hydroxylation is 1. The van der Waals surface area contributed by atoms with E-state index in [4.69, 9.17) is 9.47 Å². The first kappa shape index (κ1) is 18.5. The summed E-state index contributed by atoms with van der Waals surface area (Å²) in [5.74, 6) is 1.38. The molecule has 1 N–H and O–H groups in total. The molecule has 0 unspecified atom stereocenters. The zero-order valence-corrected chi connectivity index (χ0v) is 15.5. The Hall–Kier alpha value is -3.28. The quantitative estimate of drug-likeness (QED) is 0.666. The number of aromatic nitrogens is 2. The van der Waals surface area contributed by atoms with Crippen LogP contribution in [0.15, 0.2) is 61.2 Å². The maximum absolute atomic E-state index is 12.1. The molecule has 6 nitrogen and oxygen atoms in total. The van der Waals surface area contributed by atoms with Gasteiger partial charge in [-0.25, -0.2) is 4.98 Å². The number of hydrogen-bond acceptors (Lipinski definition) is 4. The fourth-order valence-corrected chi connectivity index (χ4v) is 2.78. The van der Waals surface area contributed by atoms with Crippen LogP contribution < -0.4 is 14.8 Å². The molecule has 0 radical (unpaired) electrons. The van der Waals surface area contributed by atoms with Crippen LogP contribution in [0.1, 0.15) is 17.5 Å². The van der Waals surface area contributed by atoms with Crippen molar-refractivity contribution in [2.24, 2.45) is 0 Å². The maximum atomic E-state index is 12.1. The molecule has 6 heteroatoms. The zero-order valence-electron chi connectivity index (χ0n) is 15.5. The number of methoxy groups -OCH3 is 2. The van der Waals surface area contributed by atoms with Gasteiger partial charge in [0.25, 0.3) is 0 Å². The fourth-order valence-electron chi connectivity index (χ4n) is 2.78. The Morgan fingerprint density at radius 3 is 2.44 bits per heavy atom. The van der Waals surface area contributed by atoms with E-state index in [1.165, 1.54) is 0 Å². The van der Waals surface area contributed by atoms with Gasteiger partial charge in [0, 0.05) is 31.0 Å². The van der Waals surface area contributed by atoms with Gasteiger partial charge in [-0.05, 0) is 41.8 Å². The minimum absolute atomic E-state index is 0.0171. The molecule has 0 aliphatic carbocycles. The van der Waals surface area contributed by atoms with Gasteiger partial charge in [0.1, 0.15) is 0 Å². The van der Waals surface area contributed by atoms with Crippen LogP contribution in [0.5, 0.6) is 11.5 Å². The van der Waals surface area contributed by atoms with E-state index < -0.39 is 0 Å². The smallest absolute Gasteiger partial charge is 0.220 e. The van der Waals surface area contributed by atoms with Crippen molar-refractivity contribution >= 4 is 5.91 Å². The first-order valence-corrected chi connectivity index (χ1v) is 8.74. The number of carbonyl (C=O) groups excluding carboxylic acids is 1. The number of amides is 1. The van der Waals surface area contributed by atoms with Gasteiger partial charge in [0.05, 0.1) is 20.5 Å². The minimum atomic E-state index is 0.0171. The lowest BCUT2D eigenvalue weighted by atomic mass is 10.1. The summed E-state index contributed by atoms with van der Waals surface area (Å²) in [5, 5.41) is 2.96. The minimum Gasteiger partial charge on any atom is -0.493 e. The molecule has 2 aromatic carbocycles. The molecule has 3 aromatic rings. The molecule has 0 saturated carbocycles. The van der Waals surface area contributed by atoms with Crippen LogP contribution in [-0.4, -0.2) is 29.7 Å². The third-order valence-corrected chi connectivity index (χ3v) is 4.32. The molecule has 0 saturated heterocycles. The van der Waals surface area contributed by atoms with Crippen LogP contribution in [-0.2, 0) is 17.8 Å². The molecule has 1 heterocycles. The van der Waals surface area contributed by atoms with Crippen molar-refractivity contribution in [1.29, 1.82) is 0 Å². The lowest BCUT2D eigenvalue weighted by Gasteiger charge is -2.10. The number of nitrogens with zero attached hydrogens (tertiary/aromatic N) is 2. The highest BCUT2D eigenvalue weighted by Gasteiger charge is 2.07. The number of ether oxygens (including phenoxy) is 2. The summed E-state index contributed by atoms with van der Waals surface area (Å²) in [7, 11) is 3.21. The third kappa shape index (κ3) is 4.88. The second-order valence-corrected chi connectivity index (χ2v) is 6.10. The summed E-state index contributed by atoms with van der Waals surface area (Å²) in [5.41, 5.74) is 3.13. The van der Waals surface area contributed by atoms with Crippen molar-refractivity contribution in [3.05, 3.63) is 72.3 Å². The summed E-state index contributed by atoms with van der Waals surface area (Å²) >= 11 is 0. The van der Waals surface area contributed by atoms with Crippen molar-refractivity contribution < 1.29 is 14.3 Å². The lowest BCUT2D eigenvalue weighted by Crippen LogP contribution is -2.23. The second kappa shape index (κ2) is 8.89. The summed E-state index contributed by atoms with van der Waals surface area (Å²) in [4.78, 5) is 16.2. The van der Waals surface area contributed by atoms with Crippen LogP contribution in [0.3, 0.4) is 0 Å². The normalized spacial score (nSPS) is 10.4. The van der Waals surface area contributed by atoms with Crippen molar-refractivity contribution in [3.8, 4) is 17.2 Å². The van der Waals surface area contributed by atoms with E-state index >= 15 is 0 Å². The molecule has 0 bridgehead atoms. The SMILES string of the molecule is COc1ccc(CCC(=O)NCc2ccc(-n3ccnc3)cc2)cc1OC. The Bertz CT molecular complexity index is 874. The Kier molecular flexibility index (Phi) is 6.10. The number of carbonyl (C=O) groups is 1. The number of benzene rings is 2. The van der Waals surface area contributed by atoms with Gasteiger partial charge < -0.3 is 19.4 Å². The maximum Gasteiger partial charge on any atom is 0.220 e. The third-order valence-electron chi connectivity index (χ3n) is 4.32. The Balaban J connectivity index is 1.48. The highest BCUT2D eigenvalue weighted by atomic mass is 16.5. The average Bonchev–Trinajstić information content (AvgIpc) is 3.25. The zero-order chi connectivity index (χ0) is 19.1. The van der Waals surface area contributed by atoms with Crippen molar-refractivity contribution in [2.75, 3.05) is 14.2 Å². The van der Waals surface area contributed by atoms with Gasteiger partial charge in [-0.15, -0.1) is 0 Å². The van der Waals surface area contributed by atoms with E-state index in [0.29, 0.717) is 30.9 Å². The van der Waals surface area contributed by atoms with Crippen LogP contribution in [0.25, 0.3) is 5.69 Å². The standard InChI is InChI=1S/C21H23N3O3/c1-26-19-9-5-16(13-20(19)27-2)6-10-21(25)23-14-17-3-7-18(8-4-17)24-12-11-22-15-24/h3-5,7-9,11-13,15H,6,10,14H2,1-2H3,(H,23,25). The van der Waals surface area contributed by atoms with Crippen molar-refractivity contribution in [2.45, 2.75) is 19.4 Å². The Morgan fingerprint density at radius 1 is 1.04 bits per heavy atom. The first-order chi connectivity index (χ1) is 13.2. The van der Waals surface area contributed by atoms with E-state index in [1.54, 1.807) is 26.7 Å². The predicted molar refractivity (Wildman–Crippen MR) is 103 cm³/mol. The molecule has 1 aromatic heterocycles. The largest absolute Gasteiger partial charge is 0.493 e. The molecule has 0 atom stereocenters. The molecule has 0 aliphatic rings. The molecular weight excluding hydrogens is 342 g/mol.